The fraction of sp³-hybridized carbons (Fsp3) is 0.312. The third kappa shape index (κ3) is 4.30. The SMILES string of the molecule is Cc1nc(CCNC(=O)[C@H](C)Oc2ccccc2C#N)cs1. The van der Waals surface area contributed by atoms with E-state index < -0.39 is 6.10 Å². The highest BCUT2D eigenvalue weighted by atomic mass is 32.1. The number of nitrogens with zero attached hydrogens (tertiary/aromatic N) is 2. The van der Waals surface area contributed by atoms with Crippen molar-refractivity contribution in [3.8, 4) is 11.8 Å². The van der Waals surface area contributed by atoms with Gasteiger partial charge in [-0.2, -0.15) is 5.26 Å². The molecule has 1 aromatic carbocycles. The van der Waals surface area contributed by atoms with Gasteiger partial charge < -0.3 is 10.1 Å². The van der Waals surface area contributed by atoms with E-state index in [4.69, 9.17) is 10.00 Å². The number of thiazole rings is 1. The number of aryl methyl sites for hydroxylation is 1. The molecule has 0 saturated carbocycles. The van der Waals surface area contributed by atoms with Crippen molar-refractivity contribution in [3.63, 3.8) is 0 Å². The van der Waals surface area contributed by atoms with Crippen molar-refractivity contribution in [2.45, 2.75) is 26.4 Å². The molecule has 114 valence electrons. The van der Waals surface area contributed by atoms with Crippen LogP contribution in [0.5, 0.6) is 5.75 Å². The van der Waals surface area contributed by atoms with Crippen LogP contribution in [-0.2, 0) is 11.2 Å². The average Bonchev–Trinajstić information content (AvgIpc) is 2.93. The number of ether oxygens (including phenoxy) is 1. The summed E-state index contributed by atoms with van der Waals surface area (Å²) in [5, 5.41) is 14.8. The van der Waals surface area contributed by atoms with E-state index in [9.17, 15) is 4.79 Å². The maximum atomic E-state index is 12.0. The number of benzene rings is 1. The van der Waals surface area contributed by atoms with Gasteiger partial charge in [0.15, 0.2) is 6.10 Å². The van der Waals surface area contributed by atoms with E-state index in [2.05, 4.69) is 10.3 Å². The number of hydrogen-bond acceptors (Lipinski definition) is 5. The Labute approximate surface area is 133 Å². The Bertz CT molecular complexity index is 691. The standard InChI is InChI=1S/C16H17N3O2S/c1-11(21-15-6-4-3-5-13(15)9-17)16(20)18-8-7-14-10-22-12(2)19-14/h3-6,10-11H,7-8H2,1-2H3,(H,18,20)/t11-/m0/s1. The molecule has 1 N–H and O–H groups in total. The molecular weight excluding hydrogens is 298 g/mol. The number of carbonyl (C=O) groups excluding carboxylic acids is 1. The van der Waals surface area contributed by atoms with Gasteiger partial charge in [-0.05, 0) is 26.0 Å². The first-order chi connectivity index (χ1) is 10.6. The summed E-state index contributed by atoms with van der Waals surface area (Å²) in [5.74, 6) is 0.211. The lowest BCUT2D eigenvalue weighted by Crippen LogP contribution is -2.37. The average molecular weight is 315 g/mol. The maximum Gasteiger partial charge on any atom is 0.260 e. The van der Waals surface area contributed by atoms with Crippen molar-refractivity contribution in [2.75, 3.05) is 6.54 Å². The van der Waals surface area contributed by atoms with Gasteiger partial charge in [0, 0.05) is 18.3 Å². The van der Waals surface area contributed by atoms with Gasteiger partial charge in [-0.25, -0.2) is 4.98 Å². The third-order valence-electron chi connectivity index (χ3n) is 3.03. The lowest BCUT2D eigenvalue weighted by molar-refractivity contribution is -0.127. The number of para-hydroxylation sites is 1. The van der Waals surface area contributed by atoms with Crippen LogP contribution in [0.2, 0.25) is 0 Å². The van der Waals surface area contributed by atoms with E-state index in [0.717, 1.165) is 10.7 Å². The second-order valence-corrected chi connectivity index (χ2v) is 5.83. The molecule has 0 spiro atoms. The van der Waals surface area contributed by atoms with Crippen molar-refractivity contribution in [3.05, 3.63) is 45.9 Å². The van der Waals surface area contributed by atoms with E-state index in [-0.39, 0.29) is 5.91 Å². The van der Waals surface area contributed by atoms with Crippen molar-refractivity contribution >= 4 is 17.2 Å². The van der Waals surface area contributed by atoms with Crippen molar-refractivity contribution < 1.29 is 9.53 Å². The number of nitriles is 1. The van der Waals surface area contributed by atoms with Crippen LogP contribution in [0.25, 0.3) is 0 Å². The largest absolute Gasteiger partial charge is 0.480 e. The molecular formula is C16H17N3O2S. The number of aromatic nitrogens is 1. The molecule has 22 heavy (non-hydrogen) atoms. The summed E-state index contributed by atoms with van der Waals surface area (Å²) in [6, 6.07) is 8.91. The zero-order chi connectivity index (χ0) is 15.9. The molecule has 5 nitrogen and oxygen atoms in total. The minimum Gasteiger partial charge on any atom is -0.480 e. The fourth-order valence-corrected chi connectivity index (χ4v) is 2.53. The highest BCUT2D eigenvalue weighted by Crippen LogP contribution is 2.18. The van der Waals surface area contributed by atoms with Crippen LogP contribution >= 0.6 is 11.3 Å². The zero-order valence-corrected chi connectivity index (χ0v) is 13.3. The summed E-state index contributed by atoms with van der Waals surface area (Å²) in [6.45, 7) is 4.13. The minimum absolute atomic E-state index is 0.209. The normalized spacial score (nSPS) is 11.5. The summed E-state index contributed by atoms with van der Waals surface area (Å²) in [4.78, 5) is 16.3. The quantitative estimate of drug-likeness (QED) is 0.888. The number of nitrogens with one attached hydrogen (secondary N) is 1. The van der Waals surface area contributed by atoms with E-state index in [1.54, 1.807) is 42.5 Å². The molecule has 6 heteroatoms. The fourth-order valence-electron chi connectivity index (χ4n) is 1.89. The number of carbonyl (C=O) groups is 1. The van der Waals surface area contributed by atoms with Gasteiger partial charge in [-0.15, -0.1) is 11.3 Å². The summed E-state index contributed by atoms with van der Waals surface area (Å²) in [6.07, 6.45) is 0.0316. The van der Waals surface area contributed by atoms with Crippen LogP contribution in [0, 0.1) is 18.3 Å². The van der Waals surface area contributed by atoms with Crippen molar-refractivity contribution in [1.29, 1.82) is 5.26 Å². The second-order valence-electron chi connectivity index (χ2n) is 4.77. The highest BCUT2D eigenvalue weighted by molar-refractivity contribution is 7.09. The van der Waals surface area contributed by atoms with Gasteiger partial charge in [0.05, 0.1) is 16.3 Å². The molecule has 0 unspecified atom stereocenters. The summed E-state index contributed by atoms with van der Waals surface area (Å²) >= 11 is 1.60. The molecule has 2 aromatic rings. The van der Waals surface area contributed by atoms with Gasteiger partial charge in [0.25, 0.3) is 5.91 Å². The Morgan fingerprint density at radius 3 is 2.95 bits per heavy atom. The van der Waals surface area contributed by atoms with Crippen molar-refractivity contribution in [2.24, 2.45) is 0 Å². The molecule has 1 amide bonds. The molecule has 0 bridgehead atoms. The molecule has 0 aliphatic heterocycles. The maximum absolute atomic E-state index is 12.0. The van der Waals surface area contributed by atoms with Crippen molar-refractivity contribution in [1.82, 2.24) is 10.3 Å². The lowest BCUT2D eigenvalue weighted by Gasteiger charge is -2.15. The Hall–Kier alpha value is -2.39. The molecule has 1 atom stereocenters. The Balaban J connectivity index is 1.83. The van der Waals surface area contributed by atoms with Gasteiger partial charge in [0.1, 0.15) is 11.8 Å². The highest BCUT2D eigenvalue weighted by Gasteiger charge is 2.15. The zero-order valence-electron chi connectivity index (χ0n) is 12.5. The van der Waals surface area contributed by atoms with E-state index in [0.29, 0.717) is 24.3 Å². The van der Waals surface area contributed by atoms with Crippen LogP contribution in [-0.4, -0.2) is 23.5 Å². The first-order valence-corrected chi connectivity index (χ1v) is 7.82. The number of rotatable bonds is 6. The van der Waals surface area contributed by atoms with Gasteiger partial charge in [-0.3, -0.25) is 4.79 Å². The van der Waals surface area contributed by atoms with Crippen LogP contribution < -0.4 is 10.1 Å². The van der Waals surface area contributed by atoms with Crippen LogP contribution in [0.4, 0.5) is 0 Å². The summed E-state index contributed by atoms with van der Waals surface area (Å²) < 4.78 is 5.56. The molecule has 0 fully saturated rings. The Morgan fingerprint density at radius 2 is 2.27 bits per heavy atom. The molecule has 1 aromatic heterocycles. The Kier molecular flexibility index (Phi) is 5.50. The smallest absolute Gasteiger partial charge is 0.260 e. The first-order valence-electron chi connectivity index (χ1n) is 6.94. The van der Waals surface area contributed by atoms with Crippen LogP contribution in [0.3, 0.4) is 0 Å². The van der Waals surface area contributed by atoms with E-state index in [1.807, 2.05) is 18.4 Å². The molecule has 0 aliphatic carbocycles. The lowest BCUT2D eigenvalue weighted by atomic mass is 10.2. The summed E-state index contributed by atoms with van der Waals surface area (Å²) in [5.41, 5.74) is 1.39. The molecule has 0 saturated heterocycles. The molecule has 0 aliphatic rings. The molecule has 2 rings (SSSR count). The monoisotopic (exact) mass is 315 g/mol. The second kappa shape index (κ2) is 7.57. The molecule has 0 radical (unpaired) electrons. The number of amides is 1. The topological polar surface area (TPSA) is 75.0 Å². The Morgan fingerprint density at radius 1 is 1.50 bits per heavy atom. The van der Waals surface area contributed by atoms with Crippen LogP contribution in [0.1, 0.15) is 23.2 Å². The molecule has 1 heterocycles. The van der Waals surface area contributed by atoms with Gasteiger partial charge in [-0.1, -0.05) is 12.1 Å². The van der Waals surface area contributed by atoms with E-state index in [1.165, 1.54) is 0 Å². The van der Waals surface area contributed by atoms with Gasteiger partial charge >= 0.3 is 0 Å². The summed E-state index contributed by atoms with van der Waals surface area (Å²) in [7, 11) is 0. The first kappa shape index (κ1) is 16.0. The van der Waals surface area contributed by atoms with E-state index >= 15 is 0 Å². The third-order valence-corrected chi connectivity index (χ3v) is 3.85. The number of hydrogen-bond donors (Lipinski definition) is 1. The van der Waals surface area contributed by atoms with Crippen LogP contribution in [0.15, 0.2) is 29.6 Å². The predicted octanol–water partition coefficient (Wildman–Crippen LogP) is 2.45. The minimum atomic E-state index is -0.660. The van der Waals surface area contributed by atoms with Gasteiger partial charge in [0.2, 0.25) is 0 Å². The predicted molar refractivity (Wildman–Crippen MR) is 84.8 cm³/mol.